The lowest BCUT2D eigenvalue weighted by atomic mass is 10.1. The molecule has 2 rings (SSSR count). The fourth-order valence-corrected chi connectivity index (χ4v) is 3.63. The second-order valence-corrected chi connectivity index (χ2v) is 7.16. The molecule has 110 valence electrons. The SMILES string of the molecule is Nc1cc(Br)ccc1SCC(=O)NC1CCCCCC1. The van der Waals surface area contributed by atoms with Crippen molar-refractivity contribution in [1.29, 1.82) is 0 Å². The first kappa shape index (κ1) is 15.7. The molecule has 0 bridgehead atoms. The molecule has 0 radical (unpaired) electrons. The fourth-order valence-electron chi connectivity index (χ4n) is 2.49. The Hall–Kier alpha value is -0.680. The van der Waals surface area contributed by atoms with Crippen molar-refractivity contribution in [2.45, 2.75) is 49.5 Å². The smallest absolute Gasteiger partial charge is 0.230 e. The zero-order valence-corrected chi connectivity index (χ0v) is 13.9. The lowest BCUT2D eigenvalue weighted by Gasteiger charge is -2.16. The molecule has 1 amide bonds. The van der Waals surface area contributed by atoms with Crippen molar-refractivity contribution in [3.05, 3.63) is 22.7 Å². The van der Waals surface area contributed by atoms with Gasteiger partial charge >= 0.3 is 0 Å². The first-order chi connectivity index (χ1) is 9.65. The molecule has 0 aliphatic heterocycles. The Morgan fingerprint density at radius 1 is 1.30 bits per heavy atom. The highest BCUT2D eigenvalue weighted by molar-refractivity contribution is 9.10. The number of anilines is 1. The third-order valence-electron chi connectivity index (χ3n) is 3.55. The molecule has 0 unspecified atom stereocenters. The quantitative estimate of drug-likeness (QED) is 0.487. The summed E-state index contributed by atoms with van der Waals surface area (Å²) in [6, 6.07) is 6.13. The Kier molecular flexibility index (Phi) is 6.23. The number of carbonyl (C=O) groups excluding carboxylic acids is 1. The average molecular weight is 357 g/mol. The lowest BCUT2D eigenvalue weighted by Crippen LogP contribution is -2.35. The van der Waals surface area contributed by atoms with Crippen LogP contribution in [0.5, 0.6) is 0 Å². The Labute approximate surface area is 133 Å². The molecule has 0 heterocycles. The highest BCUT2D eigenvalue weighted by Gasteiger charge is 2.15. The summed E-state index contributed by atoms with van der Waals surface area (Å²) in [6.45, 7) is 0. The van der Waals surface area contributed by atoms with Gasteiger partial charge in [-0.05, 0) is 31.0 Å². The van der Waals surface area contributed by atoms with Crippen LogP contribution in [0.3, 0.4) is 0 Å². The van der Waals surface area contributed by atoms with Crippen LogP contribution in [0.2, 0.25) is 0 Å². The van der Waals surface area contributed by atoms with Crippen molar-refractivity contribution < 1.29 is 4.79 Å². The highest BCUT2D eigenvalue weighted by atomic mass is 79.9. The normalized spacial score (nSPS) is 16.6. The Morgan fingerprint density at radius 2 is 2.00 bits per heavy atom. The summed E-state index contributed by atoms with van der Waals surface area (Å²) in [6.07, 6.45) is 7.32. The van der Waals surface area contributed by atoms with Crippen LogP contribution in [0.25, 0.3) is 0 Å². The monoisotopic (exact) mass is 356 g/mol. The summed E-state index contributed by atoms with van der Waals surface area (Å²) in [4.78, 5) is 13.0. The number of hydrogen-bond acceptors (Lipinski definition) is 3. The predicted octanol–water partition coefficient (Wildman–Crippen LogP) is 3.96. The van der Waals surface area contributed by atoms with E-state index in [0.717, 1.165) is 22.2 Å². The number of benzene rings is 1. The maximum absolute atomic E-state index is 12.0. The van der Waals surface area contributed by atoms with E-state index in [1.807, 2.05) is 18.2 Å². The summed E-state index contributed by atoms with van der Waals surface area (Å²) >= 11 is 4.88. The van der Waals surface area contributed by atoms with Crippen molar-refractivity contribution >= 4 is 39.3 Å². The van der Waals surface area contributed by atoms with Crippen LogP contribution >= 0.6 is 27.7 Å². The molecule has 1 fully saturated rings. The molecular formula is C15H21BrN2OS. The summed E-state index contributed by atoms with van der Waals surface area (Å²) in [5.74, 6) is 0.548. The van der Waals surface area contributed by atoms with Gasteiger partial charge in [0.2, 0.25) is 5.91 Å². The number of rotatable bonds is 4. The summed E-state index contributed by atoms with van der Waals surface area (Å²) in [5.41, 5.74) is 6.64. The zero-order valence-electron chi connectivity index (χ0n) is 11.5. The molecule has 3 N–H and O–H groups in total. The molecule has 3 nitrogen and oxygen atoms in total. The first-order valence-corrected chi connectivity index (χ1v) is 8.90. The molecule has 0 aromatic heterocycles. The minimum atomic E-state index is 0.115. The Balaban J connectivity index is 1.79. The van der Waals surface area contributed by atoms with Crippen LogP contribution in [-0.4, -0.2) is 17.7 Å². The van der Waals surface area contributed by atoms with E-state index >= 15 is 0 Å². The molecule has 0 spiro atoms. The number of carbonyl (C=O) groups is 1. The standard InChI is InChI=1S/C15H21BrN2OS/c16-11-7-8-14(13(17)9-11)20-10-15(19)18-12-5-3-1-2-4-6-12/h7-9,12H,1-6,10,17H2,(H,18,19). The third-order valence-corrected chi connectivity index (χ3v) is 5.13. The van der Waals surface area contributed by atoms with Gasteiger partial charge in [0.1, 0.15) is 0 Å². The molecule has 0 atom stereocenters. The van der Waals surface area contributed by atoms with Gasteiger partial charge in [-0.3, -0.25) is 4.79 Å². The second-order valence-electron chi connectivity index (χ2n) is 5.23. The van der Waals surface area contributed by atoms with Crippen LogP contribution in [-0.2, 0) is 4.79 Å². The van der Waals surface area contributed by atoms with Crippen LogP contribution in [0.4, 0.5) is 5.69 Å². The van der Waals surface area contributed by atoms with Gasteiger partial charge in [-0.25, -0.2) is 0 Å². The molecule has 1 aliphatic rings. The zero-order chi connectivity index (χ0) is 14.4. The summed E-state index contributed by atoms with van der Waals surface area (Å²) in [7, 11) is 0. The van der Waals surface area contributed by atoms with Gasteiger partial charge in [-0.15, -0.1) is 11.8 Å². The van der Waals surface area contributed by atoms with Crippen molar-refractivity contribution in [1.82, 2.24) is 5.32 Å². The summed E-state index contributed by atoms with van der Waals surface area (Å²) < 4.78 is 0.960. The molecule has 1 aromatic carbocycles. The van der Waals surface area contributed by atoms with Crippen LogP contribution in [0.1, 0.15) is 38.5 Å². The molecule has 1 aliphatic carbocycles. The van der Waals surface area contributed by atoms with E-state index in [2.05, 4.69) is 21.2 Å². The third kappa shape index (κ3) is 5.02. The van der Waals surface area contributed by atoms with Crippen LogP contribution in [0, 0.1) is 0 Å². The second kappa shape index (κ2) is 7.93. The molecule has 5 heteroatoms. The Morgan fingerprint density at radius 3 is 2.65 bits per heavy atom. The van der Waals surface area contributed by atoms with E-state index in [9.17, 15) is 4.79 Å². The van der Waals surface area contributed by atoms with Gasteiger partial charge in [0.25, 0.3) is 0 Å². The minimum Gasteiger partial charge on any atom is -0.398 e. The fraction of sp³-hybridized carbons (Fsp3) is 0.533. The molecule has 20 heavy (non-hydrogen) atoms. The van der Waals surface area contributed by atoms with Gasteiger partial charge in [-0.2, -0.15) is 0 Å². The van der Waals surface area contributed by atoms with E-state index in [1.54, 1.807) is 0 Å². The molecular weight excluding hydrogens is 336 g/mol. The van der Waals surface area contributed by atoms with Gasteiger partial charge in [0.05, 0.1) is 5.75 Å². The maximum atomic E-state index is 12.0. The number of thioether (sulfide) groups is 1. The number of nitrogen functional groups attached to an aromatic ring is 1. The van der Waals surface area contributed by atoms with E-state index in [-0.39, 0.29) is 5.91 Å². The van der Waals surface area contributed by atoms with Crippen molar-refractivity contribution in [2.24, 2.45) is 0 Å². The lowest BCUT2D eigenvalue weighted by molar-refractivity contribution is -0.119. The van der Waals surface area contributed by atoms with Crippen molar-refractivity contribution in [3.8, 4) is 0 Å². The number of hydrogen-bond donors (Lipinski definition) is 2. The number of nitrogens with two attached hydrogens (primary N) is 1. The number of amides is 1. The molecule has 0 saturated heterocycles. The van der Waals surface area contributed by atoms with Gasteiger partial charge < -0.3 is 11.1 Å². The van der Waals surface area contributed by atoms with E-state index in [0.29, 0.717) is 17.5 Å². The van der Waals surface area contributed by atoms with Gasteiger partial charge in [0, 0.05) is 21.1 Å². The van der Waals surface area contributed by atoms with Crippen molar-refractivity contribution in [3.63, 3.8) is 0 Å². The number of halogens is 1. The van der Waals surface area contributed by atoms with E-state index in [1.165, 1.54) is 37.4 Å². The predicted molar refractivity (Wildman–Crippen MR) is 88.9 cm³/mol. The Bertz CT molecular complexity index is 459. The average Bonchev–Trinajstić information content (AvgIpc) is 2.66. The molecule has 1 saturated carbocycles. The maximum Gasteiger partial charge on any atom is 0.230 e. The van der Waals surface area contributed by atoms with Gasteiger partial charge in [-0.1, -0.05) is 41.6 Å². The van der Waals surface area contributed by atoms with Crippen molar-refractivity contribution in [2.75, 3.05) is 11.5 Å². The number of nitrogens with one attached hydrogen (secondary N) is 1. The summed E-state index contributed by atoms with van der Waals surface area (Å²) in [5, 5.41) is 3.15. The van der Waals surface area contributed by atoms with E-state index in [4.69, 9.17) is 5.73 Å². The largest absolute Gasteiger partial charge is 0.398 e. The van der Waals surface area contributed by atoms with E-state index < -0.39 is 0 Å². The highest BCUT2D eigenvalue weighted by Crippen LogP contribution is 2.27. The first-order valence-electron chi connectivity index (χ1n) is 7.12. The topological polar surface area (TPSA) is 55.1 Å². The minimum absolute atomic E-state index is 0.115. The van der Waals surface area contributed by atoms with Crippen LogP contribution in [0.15, 0.2) is 27.6 Å². The van der Waals surface area contributed by atoms with Gasteiger partial charge in [0.15, 0.2) is 0 Å². The molecule has 1 aromatic rings. The van der Waals surface area contributed by atoms with Crippen LogP contribution < -0.4 is 11.1 Å².